The molecule has 0 spiro atoms. The summed E-state index contributed by atoms with van der Waals surface area (Å²) < 4.78 is 5.38. The molecular formula is C38H32ClN3O5S. The molecule has 0 fully saturated rings. The average Bonchev–Trinajstić information content (AvgIpc) is 3.10. The van der Waals surface area contributed by atoms with Crippen LogP contribution in [0, 0.1) is 6.92 Å². The van der Waals surface area contributed by atoms with E-state index in [4.69, 9.17) is 16.3 Å². The Hall–Kier alpha value is -5.51. The monoisotopic (exact) mass is 677 g/mol. The summed E-state index contributed by atoms with van der Waals surface area (Å²) in [5, 5.41) is 18.4. The summed E-state index contributed by atoms with van der Waals surface area (Å²) >= 11 is 7.62. The maximum absolute atomic E-state index is 13.7. The normalized spacial score (nSPS) is 11.7. The van der Waals surface area contributed by atoms with E-state index in [-0.39, 0.29) is 17.4 Å². The third-order valence-corrected chi connectivity index (χ3v) is 8.83. The summed E-state index contributed by atoms with van der Waals surface area (Å²) in [5.41, 5.74) is 3.51. The highest BCUT2D eigenvalue weighted by atomic mass is 35.5. The van der Waals surface area contributed by atoms with Crippen LogP contribution in [0.4, 0.5) is 11.4 Å². The minimum absolute atomic E-state index is 0.0113. The molecule has 5 rings (SSSR count). The molecule has 0 heterocycles. The predicted molar refractivity (Wildman–Crippen MR) is 191 cm³/mol. The average molecular weight is 678 g/mol. The van der Waals surface area contributed by atoms with Gasteiger partial charge in [-0.3, -0.25) is 14.4 Å². The lowest BCUT2D eigenvalue weighted by molar-refractivity contribution is -0.116. The van der Waals surface area contributed by atoms with Crippen LogP contribution in [0.5, 0.6) is 11.5 Å². The van der Waals surface area contributed by atoms with E-state index in [9.17, 15) is 19.5 Å². The molecule has 10 heteroatoms. The third kappa shape index (κ3) is 8.85. The molecule has 0 aliphatic carbocycles. The van der Waals surface area contributed by atoms with E-state index in [0.717, 1.165) is 16.0 Å². The summed E-state index contributed by atoms with van der Waals surface area (Å²) in [6.45, 7) is 1.89. The number of aromatic hydroxyl groups is 1. The molecule has 5 aromatic rings. The highest BCUT2D eigenvalue weighted by Gasteiger charge is 2.23. The van der Waals surface area contributed by atoms with Gasteiger partial charge in [-0.15, -0.1) is 11.8 Å². The van der Waals surface area contributed by atoms with Crippen LogP contribution < -0.4 is 20.7 Å². The Morgan fingerprint density at radius 1 is 0.812 bits per heavy atom. The van der Waals surface area contributed by atoms with Gasteiger partial charge in [0, 0.05) is 38.5 Å². The molecule has 0 aromatic heterocycles. The van der Waals surface area contributed by atoms with Crippen molar-refractivity contribution in [2.75, 3.05) is 17.7 Å². The van der Waals surface area contributed by atoms with Crippen LogP contribution in [0.1, 0.15) is 32.3 Å². The van der Waals surface area contributed by atoms with Crippen LogP contribution in [0.25, 0.3) is 6.08 Å². The zero-order valence-corrected chi connectivity index (χ0v) is 27.6. The zero-order chi connectivity index (χ0) is 34.0. The predicted octanol–water partition coefficient (Wildman–Crippen LogP) is 8.24. The molecule has 3 amide bonds. The number of carbonyl (C=O) groups is 3. The van der Waals surface area contributed by atoms with Gasteiger partial charge in [0.05, 0.1) is 7.11 Å². The highest BCUT2D eigenvalue weighted by Crippen LogP contribution is 2.37. The standard InChI is InChI=1S/C38H32ClN3O5S/c1-24-16-18-29(22-32(24)39)41-38(46)35(25-10-5-3-6-11-25)48-31-15-9-14-28(21-31)40-37(45)33(42-36(44)26-12-7-4-8-13-26)20-27-17-19-30(43)23-34(27)47-2/h3-23,35,43H,1-2H3,(H,40,45)(H,41,46)(H,42,44)/b33-20+. The minimum Gasteiger partial charge on any atom is -0.508 e. The largest absolute Gasteiger partial charge is 0.508 e. The van der Waals surface area contributed by atoms with Crippen molar-refractivity contribution in [1.82, 2.24) is 5.32 Å². The van der Waals surface area contributed by atoms with Gasteiger partial charge in [-0.2, -0.15) is 0 Å². The number of hydrogen-bond acceptors (Lipinski definition) is 6. The summed E-state index contributed by atoms with van der Waals surface area (Å²) in [7, 11) is 1.44. The fourth-order valence-electron chi connectivity index (χ4n) is 4.68. The lowest BCUT2D eigenvalue weighted by atomic mass is 10.1. The molecule has 0 saturated heterocycles. The van der Waals surface area contributed by atoms with Crippen molar-refractivity contribution in [3.63, 3.8) is 0 Å². The Kier molecular flexibility index (Phi) is 11.2. The number of hydrogen-bond donors (Lipinski definition) is 4. The molecule has 0 aliphatic rings. The van der Waals surface area contributed by atoms with E-state index in [1.807, 2.05) is 49.4 Å². The van der Waals surface area contributed by atoms with Crippen molar-refractivity contribution in [1.29, 1.82) is 0 Å². The Bertz CT molecular complexity index is 1970. The molecule has 242 valence electrons. The SMILES string of the molecule is COc1cc(O)ccc1/C=C(/NC(=O)c1ccccc1)C(=O)Nc1cccc(SC(C(=O)Nc2ccc(C)c(Cl)c2)c2ccccc2)c1. The van der Waals surface area contributed by atoms with Crippen LogP contribution >= 0.6 is 23.4 Å². The summed E-state index contributed by atoms with van der Waals surface area (Å²) in [6, 6.07) is 34.8. The van der Waals surface area contributed by atoms with Crippen molar-refractivity contribution in [2.45, 2.75) is 17.1 Å². The maximum atomic E-state index is 13.7. The topological polar surface area (TPSA) is 117 Å². The smallest absolute Gasteiger partial charge is 0.272 e. The van der Waals surface area contributed by atoms with E-state index in [1.165, 1.54) is 37.1 Å². The first-order valence-corrected chi connectivity index (χ1v) is 16.1. The summed E-state index contributed by atoms with van der Waals surface area (Å²) in [6.07, 6.45) is 1.47. The Labute approximate surface area is 287 Å². The minimum atomic E-state index is -0.625. The second-order valence-corrected chi connectivity index (χ2v) is 12.2. The zero-order valence-electron chi connectivity index (χ0n) is 26.1. The van der Waals surface area contributed by atoms with E-state index in [1.54, 1.807) is 66.7 Å². The quantitative estimate of drug-likeness (QED) is 0.0827. The summed E-state index contributed by atoms with van der Waals surface area (Å²) in [5.74, 6) is -1.01. The Balaban J connectivity index is 1.40. The fourth-order valence-corrected chi connectivity index (χ4v) is 5.94. The van der Waals surface area contributed by atoms with Gasteiger partial charge in [0.25, 0.3) is 11.8 Å². The van der Waals surface area contributed by atoms with Crippen LogP contribution in [-0.2, 0) is 9.59 Å². The molecule has 0 saturated carbocycles. The van der Waals surface area contributed by atoms with Crippen LogP contribution in [0.2, 0.25) is 5.02 Å². The van der Waals surface area contributed by atoms with Crippen molar-refractivity contribution < 1.29 is 24.2 Å². The third-order valence-electron chi connectivity index (χ3n) is 7.17. The van der Waals surface area contributed by atoms with Crippen molar-refractivity contribution in [2.24, 2.45) is 0 Å². The number of rotatable bonds is 11. The summed E-state index contributed by atoms with van der Waals surface area (Å²) in [4.78, 5) is 41.1. The van der Waals surface area contributed by atoms with Gasteiger partial charge in [0.2, 0.25) is 5.91 Å². The van der Waals surface area contributed by atoms with Crippen molar-refractivity contribution in [3.8, 4) is 11.5 Å². The number of benzene rings is 5. The second kappa shape index (κ2) is 15.9. The lowest BCUT2D eigenvalue weighted by Crippen LogP contribution is -2.30. The molecule has 48 heavy (non-hydrogen) atoms. The molecule has 0 radical (unpaired) electrons. The van der Waals surface area contributed by atoms with Crippen LogP contribution in [0.3, 0.4) is 0 Å². The van der Waals surface area contributed by atoms with Gasteiger partial charge in [-0.1, -0.05) is 72.3 Å². The van der Waals surface area contributed by atoms with Gasteiger partial charge >= 0.3 is 0 Å². The second-order valence-electron chi connectivity index (χ2n) is 10.6. The number of halogens is 1. The molecule has 0 aliphatic heterocycles. The first-order chi connectivity index (χ1) is 23.2. The molecular weight excluding hydrogens is 646 g/mol. The molecule has 0 bridgehead atoms. The number of carbonyl (C=O) groups excluding carboxylic acids is 3. The number of thioether (sulfide) groups is 1. The van der Waals surface area contributed by atoms with Gasteiger partial charge in [0.15, 0.2) is 0 Å². The number of amides is 3. The number of anilines is 2. The van der Waals surface area contributed by atoms with Gasteiger partial charge < -0.3 is 25.8 Å². The Morgan fingerprint density at radius 2 is 1.52 bits per heavy atom. The van der Waals surface area contributed by atoms with Crippen LogP contribution in [-0.4, -0.2) is 29.9 Å². The van der Waals surface area contributed by atoms with E-state index in [2.05, 4.69) is 16.0 Å². The number of aryl methyl sites for hydroxylation is 1. The van der Waals surface area contributed by atoms with Gasteiger partial charge in [-0.05, 0) is 78.7 Å². The molecule has 8 nitrogen and oxygen atoms in total. The van der Waals surface area contributed by atoms with Crippen molar-refractivity contribution >= 4 is 58.5 Å². The van der Waals surface area contributed by atoms with Gasteiger partial charge in [-0.25, -0.2) is 0 Å². The first kappa shape index (κ1) is 33.8. The van der Waals surface area contributed by atoms with E-state index in [0.29, 0.717) is 33.3 Å². The Morgan fingerprint density at radius 3 is 2.23 bits per heavy atom. The number of phenols is 1. The molecule has 5 aromatic carbocycles. The molecule has 1 atom stereocenters. The first-order valence-electron chi connectivity index (χ1n) is 14.9. The molecule has 4 N–H and O–H groups in total. The van der Waals surface area contributed by atoms with Crippen molar-refractivity contribution in [3.05, 3.63) is 154 Å². The van der Waals surface area contributed by atoms with Gasteiger partial charge in [0.1, 0.15) is 22.4 Å². The number of phenolic OH excluding ortho intramolecular Hbond substituents is 1. The fraction of sp³-hybridized carbons (Fsp3) is 0.0789. The maximum Gasteiger partial charge on any atom is 0.272 e. The molecule has 1 unspecified atom stereocenters. The number of nitrogens with one attached hydrogen (secondary N) is 3. The lowest BCUT2D eigenvalue weighted by Gasteiger charge is -2.18. The number of methoxy groups -OCH3 is 1. The van der Waals surface area contributed by atoms with E-state index < -0.39 is 17.1 Å². The van der Waals surface area contributed by atoms with Crippen LogP contribution in [0.15, 0.2) is 132 Å². The van der Waals surface area contributed by atoms with E-state index >= 15 is 0 Å². The highest BCUT2D eigenvalue weighted by molar-refractivity contribution is 8.00. The number of ether oxygens (including phenoxy) is 1.